The van der Waals surface area contributed by atoms with Crippen LogP contribution < -0.4 is 0 Å². The van der Waals surface area contributed by atoms with E-state index in [9.17, 15) is 14.7 Å². The van der Waals surface area contributed by atoms with Crippen molar-refractivity contribution in [3.8, 4) is 0 Å². The highest BCUT2D eigenvalue weighted by Crippen LogP contribution is 2.35. The van der Waals surface area contributed by atoms with Gasteiger partial charge in [-0.15, -0.1) is 0 Å². The number of hydrogen-bond acceptors (Lipinski definition) is 2. The Kier molecular flexibility index (Phi) is 4.22. The molecule has 0 atom stereocenters. The largest absolute Gasteiger partial charge is 0.478 e. The van der Waals surface area contributed by atoms with E-state index in [1.54, 1.807) is 12.1 Å². The molecule has 2 aromatic carbocycles. The molecule has 2 aromatic rings. The van der Waals surface area contributed by atoms with Gasteiger partial charge in [-0.25, -0.2) is 9.59 Å². The van der Waals surface area contributed by atoms with Gasteiger partial charge >= 0.3 is 11.9 Å². The molecule has 0 fully saturated rings. The van der Waals surface area contributed by atoms with E-state index in [1.807, 2.05) is 33.8 Å². The summed E-state index contributed by atoms with van der Waals surface area (Å²) in [6, 6.07) is 6.66. The van der Waals surface area contributed by atoms with Crippen LogP contribution in [0.15, 0.2) is 24.3 Å². The van der Waals surface area contributed by atoms with Crippen molar-refractivity contribution in [1.82, 2.24) is 0 Å². The predicted octanol–water partition coefficient (Wildman–Crippen LogP) is 4.48. The van der Waals surface area contributed by atoms with Crippen LogP contribution in [-0.4, -0.2) is 22.2 Å². The zero-order valence-electron chi connectivity index (χ0n) is 13.2. The first kappa shape index (κ1) is 16.0. The van der Waals surface area contributed by atoms with Crippen molar-refractivity contribution < 1.29 is 19.8 Å². The molecular weight excluding hydrogens is 280 g/mol. The van der Waals surface area contributed by atoms with Crippen LogP contribution in [0.5, 0.6) is 0 Å². The van der Waals surface area contributed by atoms with Crippen molar-refractivity contribution >= 4 is 22.7 Å². The monoisotopic (exact) mass is 300 g/mol. The van der Waals surface area contributed by atoms with Gasteiger partial charge in [0.1, 0.15) is 0 Å². The Morgan fingerprint density at radius 3 is 2.00 bits per heavy atom. The molecule has 0 radical (unpaired) electrons. The minimum atomic E-state index is -0.985. The van der Waals surface area contributed by atoms with Crippen molar-refractivity contribution in [1.29, 1.82) is 0 Å². The molecule has 0 amide bonds. The number of benzene rings is 2. The van der Waals surface area contributed by atoms with Crippen LogP contribution in [0.25, 0.3) is 10.8 Å². The summed E-state index contributed by atoms with van der Waals surface area (Å²) in [4.78, 5) is 22.9. The zero-order chi connectivity index (χ0) is 16.6. The summed E-state index contributed by atoms with van der Waals surface area (Å²) in [6.07, 6.45) is 0. The molecule has 0 aliphatic carbocycles. The first-order valence-corrected chi connectivity index (χ1v) is 7.31. The third-order valence-corrected chi connectivity index (χ3v) is 3.87. The lowest BCUT2D eigenvalue weighted by atomic mass is 9.84. The number of carboxylic acid groups (broad SMARTS) is 2. The van der Waals surface area contributed by atoms with Crippen LogP contribution >= 0.6 is 0 Å². The Morgan fingerprint density at radius 1 is 0.909 bits per heavy atom. The number of hydrogen-bond donors (Lipinski definition) is 2. The summed E-state index contributed by atoms with van der Waals surface area (Å²) in [7, 11) is 0. The average Bonchev–Trinajstić information content (AvgIpc) is 2.43. The van der Waals surface area contributed by atoms with E-state index in [0.29, 0.717) is 5.56 Å². The molecule has 0 heterocycles. The highest BCUT2D eigenvalue weighted by Gasteiger charge is 2.23. The smallest absolute Gasteiger partial charge is 0.336 e. The molecule has 2 N–H and O–H groups in total. The van der Waals surface area contributed by atoms with Crippen LogP contribution in [0, 0.1) is 0 Å². The highest BCUT2D eigenvalue weighted by atomic mass is 16.4. The molecule has 0 unspecified atom stereocenters. The van der Waals surface area contributed by atoms with Gasteiger partial charge in [-0.3, -0.25) is 0 Å². The van der Waals surface area contributed by atoms with Crippen LogP contribution in [0.2, 0.25) is 0 Å². The third-order valence-electron chi connectivity index (χ3n) is 3.87. The molecule has 0 bridgehead atoms. The van der Waals surface area contributed by atoms with Gasteiger partial charge in [0, 0.05) is 0 Å². The number of carbonyl (C=O) groups is 2. The van der Waals surface area contributed by atoms with E-state index in [4.69, 9.17) is 5.11 Å². The average molecular weight is 300 g/mol. The first-order chi connectivity index (χ1) is 10.2. The van der Waals surface area contributed by atoms with Gasteiger partial charge in [-0.1, -0.05) is 33.8 Å². The van der Waals surface area contributed by atoms with Crippen molar-refractivity contribution in [3.63, 3.8) is 0 Å². The zero-order valence-corrected chi connectivity index (χ0v) is 13.2. The van der Waals surface area contributed by atoms with Crippen LogP contribution in [0.4, 0.5) is 0 Å². The maximum Gasteiger partial charge on any atom is 0.336 e. The summed E-state index contributed by atoms with van der Waals surface area (Å²) in [5, 5.41) is 20.4. The summed E-state index contributed by atoms with van der Waals surface area (Å²) < 4.78 is 0. The summed E-state index contributed by atoms with van der Waals surface area (Å²) in [6.45, 7) is 7.80. The molecule has 4 nitrogen and oxygen atoms in total. The predicted molar refractivity (Wildman–Crippen MR) is 86.0 cm³/mol. The lowest BCUT2D eigenvalue weighted by molar-refractivity contribution is 0.0684. The van der Waals surface area contributed by atoms with E-state index in [1.165, 1.54) is 6.07 Å². The molecular formula is C18H20O4. The van der Waals surface area contributed by atoms with Crippen LogP contribution in [0.3, 0.4) is 0 Å². The molecule has 4 heteroatoms. The fourth-order valence-electron chi connectivity index (χ4n) is 2.88. The van der Waals surface area contributed by atoms with E-state index in [-0.39, 0.29) is 17.4 Å². The SMILES string of the molecule is CC(C)c1cc2cc(C(=O)O)ccc2c(C(C)C)c1C(=O)O. The molecule has 0 spiro atoms. The highest BCUT2D eigenvalue weighted by molar-refractivity contribution is 6.02. The molecule has 2 rings (SSSR count). The minimum absolute atomic E-state index is 0.0305. The van der Waals surface area contributed by atoms with Crippen molar-refractivity contribution in [2.24, 2.45) is 0 Å². The fourth-order valence-corrected chi connectivity index (χ4v) is 2.88. The van der Waals surface area contributed by atoms with Gasteiger partial charge in [0.25, 0.3) is 0 Å². The first-order valence-electron chi connectivity index (χ1n) is 7.31. The molecule has 0 saturated carbocycles. The van der Waals surface area contributed by atoms with Gasteiger partial charge in [0.05, 0.1) is 11.1 Å². The maximum absolute atomic E-state index is 11.8. The van der Waals surface area contributed by atoms with Crippen LogP contribution in [0.1, 0.15) is 71.4 Å². The summed E-state index contributed by atoms with van der Waals surface area (Å²) in [5.41, 5.74) is 2.07. The lowest BCUT2D eigenvalue weighted by Crippen LogP contribution is -2.11. The Hall–Kier alpha value is -2.36. The Balaban J connectivity index is 2.95. The van der Waals surface area contributed by atoms with E-state index in [0.717, 1.165) is 21.9 Å². The van der Waals surface area contributed by atoms with Crippen molar-refractivity contribution in [3.05, 3.63) is 46.5 Å². The van der Waals surface area contributed by atoms with E-state index < -0.39 is 11.9 Å². The van der Waals surface area contributed by atoms with Crippen LogP contribution in [-0.2, 0) is 0 Å². The maximum atomic E-state index is 11.8. The Labute approximate surface area is 129 Å². The van der Waals surface area contributed by atoms with Crippen molar-refractivity contribution in [2.45, 2.75) is 39.5 Å². The Morgan fingerprint density at radius 2 is 1.55 bits per heavy atom. The Bertz CT molecular complexity index is 757. The minimum Gasteiger partial charge on any atom is -0.478 e. The van der Waals surface area contributed by atoms with E-state index >= 15 is 0 Å². The second-order valence-corrected chi connectivity index (χ2v) is 6.11. The number of carboxylic acids is 2. The number of fused-ring (bicyclic) bond motifs is 1. The molecule has 22 heavy (non-hydrogen) atoms. The molecule has 0 saturated heterocycles. The quantitative estimate of drug-likeness (QED) is 0.872. The second kappa shape index (κ2) is 5.79. The summed E-state index contributed by atoms with van der Waals surface area (Å²) in [5.74, 6) is -1.84. The normalized spacial score (nSPS) is 11.4. The second-order valence-electron chi connectivity index (χ2n) is 6.11. The molecule has 0 aliphatic heterocycles. The summed E-state index contributed by atoms with van der Waals surface area (Å²) >= 11 is 0. The van der Waals surface area contributed by atoms with Gasteiger partial charge in [0.2, 0.25) is 0 Å². The molecule has 116 valence electrons. The topological polar surface area (TPSA) is 74.6 Å². The molecule has 0 aromatic heterocycles. The van der Waals surface area contributed by atoms with E-state index in [2.05, 4.69) is 0 Å². The number of aromatic carboxylic acids is 2. The number of rotatable bonds is 4. The lowest BCUT2D eigenvalue weighted by Gasteiger charge is -2.20. The van der Waals surface area contributed by atoms with Crippen molar-refractivity contribution in [2.75, 3.05) is 0 Å². The molecule has 0 aliphatic rings. The standard InChI is InChI=1S/C18H20O4/c1-9(2)14-8-12-7-11(17(19)20)5-6-13(12)15(10(3)4)16(14)18(21)22/h5-10H,1-4H3,(H,19,20)(H,21,22). The van der Waals surface area contributed by atoms with Gasteiger partial charge in [-0.05, 0) is 51.9 Å². The fraction of sp³-hybridized carbons (Fsp3) is 0.333. The third kappa shape index (κ3) is 2.69. The van der Waals surface area contributed by atoms with Gasteiger partial charge in [-0.2, -0.15) is 0 Å². The van der Waals surface area contributed by atoms with Gasteiger partial charge in [0.15, 0.2) is 0 Å². The van der Waals surface area contributed by atoms with Gasteiger partial charge < -0.3 is 10.2 Å².